The van der Waals surface area contributed by atoms with Crippen molar-refractivity contribution in [3.8, 4) is 11.5 Å². The van der Waals surface area contributed by atoms with Gasteiger partial charge in [-0.2, -0.15) is 0 Å². The first-order valence-electron chi connectivity index (χ1n) is 7.88. The van der Waals surface area contributed by atoms with Crippen LogP contribution in [0.25, 0.3) is 0 Å². The van der Waals surface area contributed by atoms with Crippen LogP contribution in [0.2, 0.25) is 0 Å². The summed E-state index contributed by atoms with van der Waals surface area (Å²) in [6, 6.07) is 13.8. The highest BCUT2D eigenvalue weighted by Gasteiger charge is 2.07. The molecule has 0 fully saturated rings. The lowest BCUT2D eigenvalue weighted by atomic mass is 10.2. The summed E-state index contributed by atoms with van der Waals surface area (Å²) in [5.74, 6) is 1.80. The van der Waals surface area contributed by atoms with Crippen LogP contribution in [0.4, 0.5) is 0 Å². The average Bonchev–Trinajstić information content (AvgIpc) is 2.60. The number of hydrogen-bond donors (Lipinski definition) is 1. The summed E-state index contributed by atoms with van der Waals surface area (Å²) in [6.45, 7) is 5.03. The Bertz CT molecular complexity index is 671. The van der Waals surface area contributed by atoms with Gasteiger partial charge >= 0.3 is 0 Å². The van der Waals surface area contributed by atoms with Crippen LogP contribution in [-0.2, 0) is 11.3 Å². The normalized spacial score (nSPS) is 10.3. The van der Waals surface area contributed by atoms with E-state index < -0.39 is 0 Å². The monoisotopic (exact) mass is 345 g/mol. The Morgan fingerprint density at radius 1 is 1.12 bits per heavy atom. The second-order valence-electron chi connectivity index (χ2n) is 5.30. The number of hydrogen-bond acceptors (Lipinski definition) is 4. The maximum Gasteiger partial charge on any atom is 0.230 e. The Balaban J connectivity index is 1.83. The molecule has 4 nitrogen and oxygen atoms in total. The van der Waals surface area contributed by atoms with Crippen molar-refractivity contribution in [1.82, 2.24) is 5.32 Å². The molecule has 0 aliphatic heterocycles. The highest BCUT2D eigenvalue weighted by molar-refractivity contribution is 8.00. The van der Waals surface area contributed by atoms with Crippen molar-refractivity contribution in [2.45, 2.75) is 25.3 Å². The molecule has 1 N–H and O–H groups in total. The zero-order valence-corrected chi connectivity index (χ0v) is 15.1. The fraction of sp³-hybridized carbons (Fsp3) is 0.316. The molecule has 1 amide bonds. The van der Waals surface area contributed by atoms with Crippen LogP contribution in [0.3, 0.4) is 0 Å². The Morgan fingerprint density at radius 2 is 1.88 bits per heavy atom. The van der Waals surface area contributed by atoms with E-state index in [0.29, 0.717) is 30.4 Å². The van der Waals surface area contributed by atoms with Crippen molar-refractivity contribution in [2.75, 3.05) is 19.5 Å². The first-order valence-corrected chi connectivity index (χ1v) is 8.86. The van der Waals surface area contributed by atoms with Gasteiger partial charge in [-0.25, -0.2) is 0 Å². The van der Waals surface area contributed by atoms with Gasteiger partial charge in [-0.3, -0.25) is 4.79 Å². The maximum absolute atomic E-state index is 12.0. The first kappa shape index (κ1) is 18.2. The number of thioether (sulfide) groups is 1. The molecule has 2 aromatic rings. The first-order chi connectivity index (χ1) is 11.6. The van der Waals surface area contributed by atoms with Crippen molar-refractivity contribution < 1.29 is 14.3 Å². The van der Waals surface area contributed by atoms with E-state index >= 15 is 0 Å². The molecule has 0 saturated heterocycles. The van der Waals surface area contributed by atoms with Gasteiger partial charge in [0.05, 0.1) is 19.5 Å². The SMILES string of the molecule is CCOc1ccc(CNC(=O)CSc2ccc(C)cc2)cc1OC. The van der Waals surface area contributed by atoms with Gasteiger partial charge in [-0.15, -0.1) is 11.8 Å². The molecule has 0 spiro atoms. The van der Waals surface area contributed by atoms with Gasteiger partial charge in [-0.05, 0) is 43.7 Å². The number of nitrogens with one attached hydrogen (secondary N) is 1. The highest BCUT2D eigenvalue weighted by atomic mass is 32.2. The number of rotatable bonds is 8. The standard InChI is InChI=1S/C19H23NO3S/c1-4-23-17-10-7-15(11-18(17)22-3)12-20-19(21)13-24-16-8-5-14(2)6-9-16/h5-11H,4,12-13H2,1-3H3,(H,20,21). The molecule has 2 aromatic carbocycles. The molecule has 0 heterocycles. The van der Waals surface area contributed by atoms with Gasteiger partial charge < -0.3 is 14.8 Å². The quantitative estimate of drug-likeness (QED) is 0.739. The number of benzene rings is 2. The lowest BCUT2D eigenvalue weighted by Crippen LogP contribution is -2.24. The predicted molar refractivity (Wildman–Crippen MR) is 97.9 cm³/mol. The second-order valence-corrected chi connectivity index (χ2v) is 6.35. The van der Waals surface area contributed by atoms with Crippen LogP contribution in [-0.4, -0.2) is 25.4 Å². The third-order valence-electron chi connectivity index (χ3n) is 3.41. The molecular weight excluding hydrogens is 322 g/mol. The topological polar surface area (TPSA) is 47.6 Å². The van der Waals surface area contributed by atoms with E-state index in [-0.39, 0.29) is 5.91 Å². The molecule has 0 bridgehead atoms. The second kappa shape index (κ2) is 9.23. The van der Waals surface area contributed by atoms with Crippen LogP contribution in [0, 0.1) is 6.92 Å². The third-order valence-corrected chi connectivity index (χ3v) is 4.42. The average molecular weight is 345 g/mol. The van der Waals surface area contributed by atoms with Crippen LogP contribution in [0.5, 0.6) is 11.5 Å². The van der Waals surface area contributed by atoms with Crippen molar-refractivity contribution in [3.63, 3.8) is 0 Å². The molecule has 0 unspecified atom stereocenters. The molecule has 24 heavy (non-hydrogen) atoms. The Labute approximate surface area is 147 Å². The predicted octanol–water partition coefficient (Wildman–Crippen LogP) is 3.81. The summed E-state index contributed by atoms with van der Waals surface area (Å²) in [5.41, 5.74) is 2.19. The fourth-order valence-corrected chi connectivity index (χ4v) is 2.86. The van der Waals surface area contributed by atoms with Gasteiger partial charge in [-0.1, -0.05) is 23.8 Å². The molecule has 0 saturated carbocycles. The Kier molecular flexibility index (Phi) is 7.00. The Hall–Kier alpha value is -2.14. The van der Waals surface area contributed by atoms with Gasteiger partial charge in [0, 0.05) is 11.4 Å². The van der Waals surface area contributed by atoms with Crippen LogP contribution in [0.1, 0.15) is 18.1 Å². The van der Waals surface area contributed by atoms with Crippen LogP contribution >= 0.6 is 11.8 Å². The van der Waals surface area contributed by atoms with E-state index in [9.17, 15) is 4.79 Å². The van der Waals surface area contributed by atoms with Gasteiger partial charge in [0.1, 0.15) is 0 Å². The number of carbonyl (C=O) groups excluding carboxylic acids is 1. The molecule has 0 aliphatic rings. The fourth-order valence-electron chi connectivity index (χ4n) is 2.13. The molecule has 2 rings (SSSR count). The van der Waals surface area contributed by atoms with Gasteiger partial charge in [0.15, 0.2) is 11.5 Å². The minimum atomic E-state index is 0.00780. The molecule has 5 heteroatoms. The minimum Gasteiger partial charge on any atom is -0.493 e. The Morgan fingerprint density at radius 3 is 2.54 bits per heavy atom. The number of aryl methyl sites for hydroxylation is 1. The summed E-state index contributed by atoms with van der Waals surface area (Å²) in [4.78, 5) is 13.1. The highest BCUT2D eigenvalue weighted by Crippen LogP contribution is 2.28. The molecular formula is C19H23NO3S. The van der Waals surface area contributed by atoms with Crippen molar-refractivity contribution in [1.29, 1.82) is 0 Å². The molecule has 128 valence electrons. The molecule has 0 aliphatic carbocycles. The minimum absolute atomic E-state index is 0.00780. The van der Waals surface area contributed by atoms with E-state index in [2.05, 4.69) is 5.32 Å². The zero-order valence-electron chi connectivity index (χ0n) is 14.3. The lowest BCUT2D eigenvalue weighted by Gasteiger charge is -2.11. The van der Waals surface area contributed by atoms with E-state index in [4.69, 9.17) is 9.47 Å². The van der Waals surface area contributed by atoms with Crippen LogP contribution < -0.4 is 14.8 Å². The van der Waals surface area contributed by atoms with Crippen molar-refractivity contribution >= 4 is 17.7 Å². The lowest BCUT2D eigenvalue weighted by molar-refractivity contribution is -0.118. The van der Waals surface area contributed by atoms with E-state index in [1.54, 1.807) is 7.11 Å². The number of amides is 1. The number of methoxy groups -OCH3 is 1. The summed E-state index contributed by atoms with van der Waals surface area (Å²) in [5, 5.41) is 2.93. The van der Waals surface area contributed by atoms with Gasteiger partial charge in [0.25, 0.3) is 0 Å². The molecule has 0 atom stereocenters. The van der Waals surface area contributed by atoms with E-state index in [1.165, 1.54) is 17.3 Å². The summed E-state index contributed by atoms with van der Waals surface area (Å²) in [6.07, 6.45) is 0. The number of carbonyl (C=O) groups is 1. The zero-order chi connectivity index (χ0) is 17.4. The summed E-state index contributed by atoms with van der Waals surface area (Å²) < 4.78 is 10.8. The smallest absolute Gasteiger partial charge is 0.230 e. The van der Waals surface area contributed by atoms with Crippen LogP contribution in [0.15, 0.2) is 47.4 Å². The summed E-state index contributed by atoms with van der Waals surface area (Å²) >= 11 is 1.53. The van der Waals surface area contributed by atoms with Crippen molar-refractivity contribution in [3.05, 3.63) is 53.6 Å². The molecule has 0 aromatic heterocycles. The van der Waals surface area contributed by atoms with E-state index in [1.807, 2.05) is 56.3 Å². The third kappa shape index (κ3) is 5.49. The summed E-state index contributed by atoms with van der Waals surface area (Å²) in [7, 11) is 1.61. The van der Waals surface area contributed by atoms with Gasteiger partial charge in [0.2, 0.25) is 5.91 Å². The number of ether oxygens (including phenoxy) is 2. The maximum atomic E-state index is 12.0. The molecule has 0 radical (unpaired) electrons. The van der Waals surface area contributed by atoms with E-state index in [0.717, 1.165) is 10.5 Å². The largest absolute Gasteiger partial charge is 0.493 e. The van der Waals surface area contributed by atoms with Crippen molar-refractivity contribution in [2.24, 2.45) is 0 Å².